The van der Waals surface area contributed by atoms with Crippen LogP contribution in [0.5, 0.6) is 0 Å². The molecule has 63 heavy (non-hydrogen) atoms. The number of nitrogens with zero attached hydrogens (tertiary/aromatic N) is 5. The lowest BCUT2D eigenvalue weighted by molar-refractivity contribution is 0.444. The number of hydrogen-bond donors (Lipinski definition) is 0. The molecule has 3 aromatic heterocycles. The molecule has 1 saturated carbocycles. The highest BCUT2D eigenvalue weighted by molar-refractivity contribution is 7.19. The van der Waals surface area contributed by atoms with E-state index in [9.17, 15) is 0 Å². The Hall–Kier alpha value is -7.41. The van der Waals surface area contributed by atoms with Crippen LogP contribution in [0.15, 0.2) is 206 Å². The summed E-state index contributed by atoms with van der Waals surface area (Å²) in [5.41, 5.74) is 6.63. The van der Waals surface area contributed by atoms with Crippen LogP contribution in [-0.4, -0.2) is 32.2 Å². The zero-order chi connectivity index (χ0) is 41.7. The molecule has 3 heterocycles. The van der Waals surface area contributed by atoms with Crippen LogP contribution in [0.1, 0.15) is 43.6 Å². The molecule has 0 bridgehead atoms. The Balaban J connectivity index is 1.20. The number of rotatable bonds is 8. The number of fused-ring (bicyclic) bond motifs is 6. The minimum atomic E-state index is -2.92. The molecular weight excluding hydrogens is 783 g/mol. The Morgan fingerprint density at radius 3 is 1.16 bits per heavy atom. The predicted octanol–water partition coefficient (Wildman–Crippen LogP) is 11.2. The van der Waals surface area contributed by atoms with Crippen molar-refractivity contribution in [1.29, 1.82) is 0 Å². The second-order valence-electron chi connectivity index (χ2n) is 17.0. The van der Waals surface area contributed by atoms with Crippen molar-refractivity contribution in [1.82, 2.24) is 24.1 Å². The van der Waals surface area contributed by atoms with Gasteiger partial charge in [0.15, 0.2) is 13.9 Å². The molecule has 1 aliphatic rings. The SMILES string of the molecule is c1ccc([Si](c2ccccc2)(c2ccccc2)c2cc(-c3nc(-n4c5ccccc5c5ccccc54)nc(-n4c5ccccc5c5ccccc54)n3)cc(C3CCCCC3)c2)cc1. The fourth-order valence-electron chi connectivity index (χ4n) is 10.7. The van der Waals surface area contributed by atoms with Crippen molar-refractivity contribution >= 4 is 72.4 Å². The van der Waals surface area contributed by atoms with Gasteiger partial charge < -0.3 is 0 Å². The van der Waals surface area contributed by atoms with Crippen molar-refractivity contribution in [3.63, 3.8) is 0 Å². The number of benzene rings is 8. The van der Waals surface area contributed by atoms with Crippen LogP contribution in [0, 0.1) is 0 Å². The van der Waals surface area contributed by atoms with Gasteiger partial charge in [-0.05, 0) is 75.4 Å². The highest BCUT2D eigenvalue weighted by Gasteiger charge is 2.42. The Kier molecular flexibility index (Phi) is 9.19. The highest BCUT2D eigenvalue weighted by Crippen LogP contribution is 2.37. The Labute approximate surface area is 368 Å². The zero-order valence-electron chi connectivity index (χ0n) is 35.0. The van der Waals surface area contributed by atoms with Crippen LogP contribution in [0.25, 0.3) is 66.9 Å². The van der Waals surface area contributed by atoms with Crippen molar-refractivity contribution in [3.05, 3.63) is 212 Å². The van der Waals surface area contributed by atoms with E-state index in [4.69, 9.17) is 15.0 Å². The summed E-state index contributed by atoms with van der Waals surface area (Å²) in [6.07, 6.45) is 6.12. The molecule has 12 rings (SSSR count). The van der Waals surface area contributed by atoms with Crippen LogP contribution in [0.3, 0.4) is 0 Å². The first-order valence-corrected chi connectivity index (χ1v) is 24.3. The molecule has 0 amide bonds. The maximum absolute atomic E-state index is 5.59. The number of para-hydroxylation sites is 4. The molecule has 8 aromatic carbocycles. The third-order valence-corrected chi connectivity index (χ3v) is 18.3. The lowest BCUT2D eigenvalue weighted by Crippen LogP contribution is -2.74. The Morgan fingerprint density at radius 2 is 0.746 bits per heavy atom. The van der Waals surface area contributed by atoms with Crippen LogP contribution < -0.4 is 20.7 Å². The van der Waals surface area contributed by atoms with Crippen LogP contribution >= 0.6 is 0 Å². The van der Waals surface area contributed by atoms with Gasteiger partial charge in [-0.2, -0.15) is 15.0 Å². The minimum absolute atomic E-state index is 0.446. The van der Waals surface area contributed by atoms with E-state index in [2.05, 4.69) is 215 Å². The third kappa shape index (κ3) is 6.16. The summed E-state index contributed by atoms with van der Waals surface area (Å²) in [5.74, 6) is 2.30. The van der Waals surface area contributed by atoms with E-state index in [1.807, 2.05) is 0 Å². The smallest absolute Gasteiger partial charge is 0.240 e. The summed E-state index contributed by atoms with van der Waals surface area (Å²) < 4.78 is 4.46. The van der Waals surface area contributed by atoms with Crippen molar-refractivity contribution in [2.75, 3.05) is 0 Å². The molecule has 11 aromatic rings. The van der Waals surface area contributed by atoms with Crippen molar-refractivity contribution in [3.8, 4) is 23.3 Å². The molecule has 0 N–H and O–H groups in total. The highest BCUT2D eigenvalue weighted by atomic mass is 28.3. The van der Waals surface area contributed by atoms with Crippen molar-refractivity contribution < 1.29 is 0 Å². The summed E-state index contributed by atoms with van der Waals surface area (Å²) in [6, 6.07) is 75.6. The first-order valence-electron chi connectivity index (χ1n) is 22.3. The van der Waals surface area contributed by atoms with E-state index >= 15 is 0 Å². The lowest BCUT2D eigenvalue weighted by atomic mass is 9.83. The second-order valence-corrected chi connectivity index (χ2v) is 20.8. The second kappa shape index (κ2) is 15.5. The molecular formula is C57H45N5Si. The summed E-state index contributed by atoms with van der Waals surface area (Å²) in [7, 11) is -2.92. The minimum Gasteiger partial charge on any atom is -0.278 e. The largest absolute Gasteiger partial charge is 0.278 e. The van der Waals surface area contributed by atoms with Gasteiger partial charge in [0.25, 0.3) is 0 Å². The average molecular weight is 828 g/mol. The lowest BCUT2D eigenvalue weighted by Gasteiger charge is -2.35. The average Bonchev–Trinajstić information content (AvgIpc) is 3.89. The van der Waals surface area contributed by atoms with E-state index < -0.39 is 8.07 Å². The Morgan fingerprint density at radius 1 is 0.365 bits per heavy atom. The van der Waals surface area contributed by atoms with Crippen molar-refractivity contribution in [2.24, 2.45) is 0 Å². The molecule has 0 atom stereocenters. The third-order valence-electron chi connectivity index (χ3n) is 13.5. The van der Waals surface area contributed by atoms with Gasteiger partial charge in [0.05, 0.1) is 22.1 Å². The number of aromatic nitrogens is 5. The molecule has 0 unspecified atom stereocenters. The molecule has 0 spiro atoms. The van der Waals surface area contributed by atoms with Gasteiger partial charge in [-0.25, -0.2) is 0 Å². The summed E-state index contributed by atoms with van der Waals surface area (Å²) >= 11 is 0. The normalized spacial score (nSPS) is 13.7. The first kappa shape index (κ1) is 37.4. The quantitative estimate of drug-likeness (QED) is 0.113. The first-order chi connectivity index (χ1) is 31.3. The van der Waals surface area contributed by atoms with Gasteiger partial charge in [-0.1, -0.05) is 195 Å². The van der Waals surface area contributed by atoms with Gasteiger partial charge in [0.2, 0.25) is 11.9 Å². The molecule has 6 heteroatoms. The van der Waals surface area contributed by atoms with Crippen LogP contribution in [0.4, 0.5) is 0 Å². The number of hydrogen-bond acceptors (Lipinski definition) is 3. The molecule has 1 aliphatic carbocycles. The van der Waals surface area contributed by atoms with Gasteiger partial charge in [-0.3, -0.25) is 9.13 Å². The predicted molar refractivity (Wildman–Crippen MR) is 263 cm³/mol. The van der Waals surface area contributed by atoms with Gasteiger partial charge in [0, 0.05) is 27.1 Å². The van der Waals surface area contributed by atoms with Crippen LogP contribution in [0.2, 0.25) is 0 Å². The fourth-order valence-corrected chi connectivity index (χ4v) is 15.5. The van der Waals surface area contributed by atoms with E-state index in [1.165, 1.54) is 80.0 Å². The Bertz CT molecular complexity index is 3110. The fraction of sp³-hybridized carbons (Fsp3) is 0.105. The maximum Gasteiger partial charge on any atom is 0.240 e. The summed E-state index contributed by atoms with van der Waals surface area (Å²) in [5, 5.41) is 10.0. The molecule has 0 radical (unpaired) electrons. The topological polar surface area (TPSA) is 48.5 Å². The van der Waals surface area contributed by atoms with E-state index in [0.29, 0.717) is 23.6 Å². The van der Waals surface area contributed by atoms with E-state index in [-0.39, 0.29) is 0 Å². The summed E-state index contributed by atoms with van der Waals surface area (Å²) in [6.45, 7) is 0. The van der Waals surface area contributed by atoms with Gasteiger partial charge in [0.1, 0.15) is 0 Å². The zero-order valence-corrected chi connectivity index (χ0v) is 36.0. The molecule has 302 valence electrons. The standard InChI is InChI=1S/C57H45N5Si/c1-5-21-40(22-6-1)41-37-42(39-46(38-41)63(43-23-7-2-8-24-43,44-25-9-3-10-26-44)45-27-11-4-12-28-45)55-58-56(61-51-33-17-13-29-47(51)48-30-14-18-34-52(48)61)60-57(59-55)62-53-35-19-15-31-49(53)50-32-16-20-36-54(50)62/h2-4,7-20,23-40H,1,5-6,21-22H2. The molecule has 0 aliphatic heterocycles. The monoisotopic (exact) mass is 827 g/mol. The molecule has 5 nitrogen and oxygen atoms in total. The van der Waals surface area contributed by atoms with E-state index in [1.54, 1.807) is 0 Å². The van der Waals surface area contributed by atoms with Gasteiger partial charge in [-0.15, -0.1) is 0 Å². The molecule has 1 fully saturated rings. The maximum atomic E-state index is 5.59. The molecule has 0 saturated heterocycles. The van der Waals surface area contributed by atoms with Crippen molar-refractivity contribution in [2.45, 2.75) is 38.0 Å². The van der Waals surface area contributed by atoms with Crippen LogP contribution in [-0.2, 0) is 0 Å². The van der Waals surface area contributed by atoms with Gasteiger partial charge >= 0.3 is 0 Å². The van der Waals surface area contributed by atoms with E-state index in [0.717, 1.165) is 27.6 Å². The summed E-state index contributed by atoms with van der Waals surface area (Å²) in [4.78, 5) is 16.7.